The predicted molar refractivity (Wildman–Crippen MR) is 103 cm³/mol. The van der Waals surface area contributed by atoms with Gasteiger partial charge >= 0.3 is 0 Å². The molecule has 10 heteroatoms. The van der Waals surface area contributed by atoms with Crippen molar-refractivity contribution in [3.63, 3.8) is 0 Å². The molecule has 0 aliphatic carbocycles. The molecule has 0 amide bonds. The number of hydrogen-bond donors (Lipinski definition) is 5. The zero-order valence-electron chi connectivity index (χ0n) is 15.8. The van der Waals surface area contributed by atoms with E-state index in [4.69, 9.17) is 11.6 Å². The van der Waals surface area contributed by atoms with Gasteiger partial charge in [0.15, 0.2) is 11.6 Å². The number of rotatable bonds is 7. The molecule has 0 aliphatic heterocycles. The minimum absolute atomic E-state index is 0.0207. The van der Waals surface area contributed by atoms with Gasteiger partial charge in [0.1, 0.15) is 5.75 Å². The second-order valence-electron chi connectivity index (χ2n) is 6.32. The molecule has 146 valence electrons. The highest BCUT2D eigenvalue weighted by atomic mass is 19.1. The Kier molecular flexibility index (Phi) is 6.35. The summed E-state index contributed by atoms with van der Waals surface area (Å²) in [6.07, 6.45) is 1.09. The first-order chi connectivity index (χ1) is 12.7. The number of nitrogens with one attached hydrogen (secondary N) is 2. The van der Waals surface area contributed by atoms with E-state index in [-0.39, 0.29) is 30.1 Å². The lowest BCUT2D eigenvalue weighted by Crippen LogP contribution is -2.32. The first kappa shape index (κ1) is 20.2. The Morgan fingerprint density at radius 3 is 2.63 bits per heavy atom. The maximum atomic E-state index is 13.8. The van der Waals surface area contributed by atoms with Gasteiger partial charge in [0, 0.05) is 13.1 Å². The van der Waals surface area contributed by atoms with Crippen LogP contribution in [0.15, 0.2) is 24.0 Å². The van der Waals surface area contributed by atoms with Crippen molar-refractivity contribution in [3.05, 3.63) is 41.2 Å². The van der Waals surface area contributed by atoms with Crippen molar-refractivity contribution in [2.24, 2.45) is 11.6 Å². The van der Waals surface area contributed by atoms with E-state index in [1.54, 1.807) is 20.0 Å². The highest BCUT2D eigenvalue weighted by Crippen LogP contribution is 2.19. The summed E-state index contributed by atoms with van der Waals surface area (Å²) in [7, 11) is 1.63. The van der Waals surface area contributed by atoms with E-state index < -0.39 is 5.82 Å². The molecule has 0 spiro atoms. The fourth-order valence-electron chi connectivity index (χ4n) is 2.25. The molecule has 0 saturated heterocycles. The van der Waals surface area contributed by atoms with Gasteiger partial charge in [0.05, 0.1) is 35.5 Å². The number of hydrazine groups is 1. The van der Waals surface area contributed by atoms with Gasteiger partial charge in [-0.2, -0.15) is 4.98 Å². The smallest absolute Gasteiger partial charge is 0.225 e. The first-order valence-electron chi connectivity index (χ1n) is 8.36. The summed E-state index contributed by atoms with van der Waals surface area (Å²) in [6, 6.07) is 3.13. The zero-order chi connectivity index (χ0) is 20.1. The number of aromatic nitrogens is 3. The number of hydrogen-bond acceptors (Lipinski definition) is 9. The van der Waals surface area contributed by atoms with Crippen LogP contribution in [0.4, 0.5) is 16.2 Å². The summed E-state index contributed by atoms with van der Waals surface area (Å²) < 4.78 is 13.8. The molecule has 2 heterocycles. The Bertz CT molecular complexity index is 838. The molecule has 0 bridgehead atoms. The van der Waals surface area contributed by atoms with E-state index in [0.29, 0.717) is 22.8 Å². The molecule has 0 saturated carbocycles. The average Bonchev–Trinajstić information content (AvgIpc) is 2.59. The number of anilines is 2. The Hall–Kier alpha value is -3.14. The topological polar surface area (TPSA) is 138 Å². The van der Waals surface area contributed by atoms with Crippen LogP contribution >= 0.6 is 0 Å². The van der Waals surface area contributed by atoms with Crippen LogP contribution in [0, 0.1) is 12.7 Å². The quantitative estimate of drug-likeness (QED) is 0.358. The van der Waals surface area contributed by atoms with Crippen LogP contribution < -0.4 is 22.2 Å². The van der Waals surface area contributed by atoms with E-state index in [0.717, 1.165) is 6.20 Å². The lowest BCUT2D eigenvalue weighted by molar-refractivity contribution is 0.437. The molecule has 0 aliphatic rings. The lowest BCUT2D eigenvalue weighted by Gasteiger charge is -2.20. The van der Waals surface area contributed by atoms with E-state index in [1.165, 1.54) is 11.1 Å². The second kappa shape index (κ2) is 8.49. The SMILES string of the molecule is Cc1nc(/C(N)=C(\CNc2ncc(F)c(NC(C)C)n2)N(C)N)ccc1O. The Morgan fingerprint density at radius 2 is 2.04 bits per heavy atom. The Balaban J connectivity index is 2.25. The highest BCUT2D eigenvalue weighted by molar-refractivity contribution is 5.64. The second-order valence-corrected chi connectivity index (χ2v) is 6.32. The van der Waals surface area contributed by atoms with Crippen molar-refractivity contribution in [3.8, 4) is 5.75 Å². The molecule has 27 heavy (non-hydrogen) atoms. The number of likely N-dealkylation sites (N-methyl/N-ethyl adjacent to an activating group) is 1. The van der Waals surface area contributed by atoms with Gasteiger partial charge in [-0.05, 0) is 32.9 Å². The molecule has 0 atom stereocenters. The fourth-order valence-corrected chi connectivity index (χ4v) is 2.25. The summed E-state index contributed by atoms with van der Waals surface area (Å²) in [4.78, 5) is 12.3. The zero-order valence-corrected chi connectivity index (χ0v) is 15.8. The van der Waals surface area contributed by atoms with E-state index in [9.17, 15) is 9.50 Å². The normalized spacial score (nSPS) is 12.0. The number of pyridine rings is 1. The number of nitrogens with zero attached hydrogens (tertiary/aromatic N) is 4. The maximum Gasteiger partial charge on any atom is 0.225 e. The van der Waals surface area contributed by atoms with Crippen LogP contribution in [0.25, 0.3) is 5.70 Å². The third kappa shape index (κ3) is 5.17. The summed E-state index contributed by atoms with van der Waals surface area (Å²) in [5, 5.41) is 16.9. The third-order valence-corrected chi connectivity index (χ3v) is 3.65. The van der Waals surface area contributed by atoms with Crippen molar-refractivity contribution in [2.75, 3.05) is 24.2 Å². The van der Waals surface area contributed by atoms with Crippen LogP contribution in [0.2, 0.25) is 0 Å². The summed E-state index contributed by atoms with van der Waals surface area (Å²) >= 11 is 0. The van der Waals surface area contributed by atoms with Crippen molar-refractivity contribution in [1.29, 1.82) is 0 Å². The summed E-state index contributed by atoms with van der Waals surface area (Å²) in [6.45, 7) is 5.62. The van der Waals surface area contributed by atoms with Crippen LogP contribution in [-0.4, -0.2) is 44.7 Å². The van der Waals surface area contributed by atoms with Gasteiger partial charge in [0.2, 0.25) is 5.95 Å². The van der Waals surface area contributed by atoms with Crippen molar-refractivity contribution < 1.29 is 9.50 Å². The van der Waals surface area contributed by atoms with Crippen LogP contribution in [0.1, 0.15) is 25.2 Å². The van der Waals surface area contributed by atoms with E-state index in [2.05, 4.69) is 25.6 Å². The fraction of sp³-hybridized carbons (Fsp3) is 0.353. The van der Waals surface area contributed by atoms with Gasteiger partial charge in [-0.1, -0.05) is 0 Å². The van der Waals surface area contributed by atoms with E-state index >= 15 is 0 Å². The standard InChI is InChI=1S/C17H25FN8O/c1-9(2)23-16-11(18)7-21-17(25-16)22-8-13(26(4)20)15(19)12-5-6-14(27)10(3)24-12/h5-7,9,27H,8,19-20H2,1-4H3,(H2,21,22,23,25)/b15-13-. The van der Waals surface area contributed by atoms with Crippen molar-refractivity contribution >= 4 is 17.5 Å². The lowest BCUT2D eigenvalue weighted by atomic mass is 10.2. The molecule has 0 aromatic carbocycles. The Labute approximate surface area is 157 Å². The summed E-state index contributed by atoms with van der Waals surface area (Å²) in [5.74, 6) is 5.77. The molecule has 7 N–H and O–H groups in total. The Morgan fingerprint density at radius 1 is 1.33 bits per heavy atom. The average molecular weight is 376 g/mol. The minimum atomic E-state index is -0.538. The number of aromatic hydroxyl groups is 1. The third-order valence-electron chi connectivity index (χ3n) is 3.65. The molecule has 2 rings (SSSR count). The van der Waals surface area contributed by atoms with Gasteiger partial charge in [-0.25, -0.2) is 20.2 Å². The molecule has 9 nitrogen and oxygen atoms in total. The van der Waals surface area contributed by atoms with Crippen molar-refractivity contribution in [2.45, 2.75) is 26.8 Å². The van der Waals surface area contributed by atoms with Gasteiger partial charge in [-0.3, -0.25) is 0 Å². The number of aryl methyl sites for hydroxylation is 1. The predicted octanol–water partition coefficient (Wildman–Crippen LogP) is 1.39. The molecule has 0 radical (unpaired) electrons. The molecule has 0 unspecified atom stereocenters. The minimum Gasteiger partial charge on any atom is -0.506 e. The van der Waals surface area contributed by atoms with Gasteiger partial charge in [0.25, 0.3) is 0 Å². The van der Waals surface area contributed by atoms with Crippen LogP contribution in [-0.2, 0) is 0 Å². The molecular formula is C17H25FN8O. The largest absolute Gasteiger partial charge is 0.506 e. The van der Waals surface area contributed by atoms with Crippen molar-refractivity contribution in [1.82, 2.24) is 20.0 Å². The summed E-state index contributed by atoms with van der Waals surface area (Å²) in [5.41, 5.74) is 7.99. The highest BCUT2D eigenvalue weighted by Gasteiger charge is 2.13. The molecular weight excluding hydrogens is 351 g/mol. The monoisotopic (exact) mass is 376 g/mol. The van der Waals surface area contributed by atoms with Crippen LogP contribution in [0.5, 0.6) is 5.75 Å². The van der Waals surface area contributed by atoms with E-state index in [1.807, 2.05) is 13.8 Å². The first-order valence-corrected chi connectivity index (χ1v) is 8.36. The number of nitrogens with two attached hydrogens (primary N) is 2. The maximum absolute atomic E-state index is 13.8. The van der Waals surface area contributed by atoms with Gasteiger partial charge in [-0.15, -0.1) is 0 Å². The molecule has 2 aromatic rings. The van der Waals surface area contributed by atoms with Crippen LogP contribution in [0.3, 0.4) is 0 Å². The number of halogens is 1. The molecule has 0 fully saturated rings. The van der Waals surface area contributed by atoms with Gasteiger partial charge < -0.3 is 26.5 Å². The molecule has 2 aromatic heterocycles.